The molecule has 6 heteroatoms. The number of rotatable bonds is 2. The van der Waals surface area contributed by atoms with Gasteiger partial charge in [0, 0.05) is 43.0 Å². The molecule has 0 bridgehead atoms. The molecule has 28 heavy (non-hydrogen) atoms. The summed E-state index contributed by atoms with van der Waals surface area (Å²) in [4.78, 5) is 21.4. The zero-order valence-electron chi connectivity index (χ0n) is 16.6. The van der Waals surface area contributed by atoms with Gasteiger partial charge in [-0.25, -0.2) is 9.78 Å². The van der Waals surface area contributed by atoms with E-state index in [2.05, 4.69) is 48.1 Å². The van der Waals surface area contributed by atoms with Crippen molar-refractivity contribution in [1.82, 2.24) is 9.88 Å². The standard InChI is InChI=1S/C22H26N4O2/c1-22(2,3)20-24-18-15-16(9-10-19(18)28-20)23-21(27)26-13-11-25(12-14-26)17-7-5-4-6-8-17/h4-10,15H,11-14H2,1-3H3,(H,23,27). The highest BCUT2D eigenvalue weighted by molar-refractivity contribution is 5.91. The summed E-state index contributed by atoms with van der Waals surface area (Å²) < 4.78 is 5.82. The lowest BCUT2D eigenvalue weighted by molar-refractivity contribution is 0.208. The van der Waals surface area contributed by atoms with E-state index in [9.17, 15) is 4.79 Å². The second-order valence-corrected chi connectivity index (χ2v) is 8.19. The predicted molar refractivity (Wildman–Crippen MR) is 112 cm³/mol. The topological polar surface area (TPSA) is 61.6 Å². The third-order valence-electron chi connectivity index (χ3n) is 4.97. The van der Waals surface area contributed by atoms with Gasteiger partial charge in [0.05, 0.1) is 0 Å². The van der Waals surface area contributed by atoms with Gasteiger partial charge in [0.15, 0.2) is 5.58 Å². The molecule has 1 N–H and O–H groups in total. The third kappa shape index (κ3) is 3.81. The van der Waals surface area contributed by atoms with Crippen LogP contribution < -0.4 is 10.2 Å². The van der Waals surface area contributed by atoms with Crippen LogP contribution in [-0.2, 0) is 5.41 Å². The van der Waals surface area contributed by atoms with Gasteiger partial charge >= 0.3 is 6.03 Å². The highest BCUT2D eigenvalue weighted by atomic mass is 16.3. The molecule has 0 radical (unpaired) electrons. The first-order valence-electron chi connectivity index (χ1n) is 9.67. The SMILES string of the molecule is CC(C)(C)c1nc2cc(NC(=O)N3CCN(c4ccccc4)CC3)ccc2o1. The fraction of sp³-hybridized carbons (Fsp3) is 0.364. The third-order valence-corrected chi connectivity index (χ3v) is 4.97. The number of aromatic nitrogens is 1. The van der Waals surface area contributed by atoms with Crippen LogP contribution in [0.5, 0.6) is 0 Å². The van der Waals surface area contributed by atoms with Crippen LogP contribution in [0.4, 0.5) is 16.2 Å². The van der Waals surface area contributed by atoms with Crippen LogP contribution in [0, 0.1) is 0 Å². The minimum absolute atomic E-state index is 0.0772. The van der Waals surface area contributed by atoms with Crippen LogP contribution in [0.15, 0.2) is 52.9 Å². The van der Waals surface area contributed by atoms with Crippen LogP contribution in [0.1, 0.15) is 26.7 Å². The number of oxazole rings is 1. The number of fused-ring (bicyclic) bond motifs is 1. The summed E-state index contributed by atoms with van der Waals surface area (Å²) in [6, 6.07) is 15.8. The number of urea groups is 1. The van der Waals surface area contributed by atoms with Crippen molar-refractivity contribution in [3.8, 4) is 0 Å². The smallest absolute Gasteiger partial charge is 0.321 e. The molecule has 0 unspecified atom stereocenters. The highest BCUT2D eigenvalue weighted by Crippen LogP contribution is 2.27. The van der Waals surface area contributed by atoms with Crippen LogP contribution in [-0.4, -0.2) is 42.1 Å². The molecule has 0 spiro atoms. The maximum absolute atomic E-state index is 12.7. The van der Waals surface area contributed by atoms with Crippen molar-refractivity contribution in [1.29, 1.82) is 0 Å². The van der Waals surface area contributed by atoms with Gasteiger partial charge in [0.25, 0.3) is 0 Å². The maximum atomic E-state index is 12.7. The second kappa shape index (κ2) is 7.19. The first kappa shape index (κ1) is 18.3. The summed E-state index contributed by atoms with van der Waals surface area (Å²) in [5.41, 5.74) is 3.28. The fourth-order valence-corrected chi connectivity index (χ4v) is 3.34. The number of hydrogen-bond acceptors (Lipinski definition) is 4. The zero-order valence-corrected chi connectivity index (χ0v) is 16.6. The van der Waals surface area contributed by atoms with Crippen molar-refractivity contribution >= 4 is 28.5 Å². The Hall–Kier alpha value is -3.02. The van der Waals surface area contributed by atoms with Crippen molar-refractivity contribution in [3.63, 3.8) is 0 Å². The molecule has 3 aromatic rings. The lowest BCUT2D eigenvalue weighted by atomic mass is 9.97. The van der Waals surface area contributed by atoms with E-state index in [0.29, 0.717) is 19.0 Å². The van der Waals surface area contributed by atoms with Gasteiger partial charge in [-0.3, -0.25) is 0 Å². The number of carbonyl (C=O) groups is 1. The molecule has 0 atom stereocenters. The molecule has 1 aliphatic rings. The average molecular weight is 378 g/mol. The van der Waals surface area contributed by atoms with E-state index >= 15 is 0 Å². The number of nitrogens with one attached hydrogen (secondary N) is 1. The molecule has 1 fully saturated rings. The Morgan fingerprint density at radius 2 is 1.75 bits per heavy atom. The Morgan fingerprint density at radius 3 is 2.43 bits per heavy atom. The summed E-state index contributed by atoms with van der Waals surface area (Å²) in [5, 5.41) is 2.99. The number of benzene rings is 2. The van der Waals surface area contributed by atoms with Gasteiger partial charge in [0.1, 0.15) is 5.52 Å². The summed E-state index contributed by atoms with van der Waals surface area (Å²) in [6.45, 7) is 9.24. The normalized spacial score (nSPS) is 15.1. The van der Waals surface area contributed by atoms with Crippen molar-refractivity contribution in [2.45, 2.75) is 26.2 Å². The molecule has 2 heterocycles. The number of piperazine rings is 1. The predicted octanol–water partition coefficient (Wildman–Crippen LogP) is 4.48. The van der Waals surface area contributed by atoms with Crippen molar-refractivity contribution in [3.05, 3.63) is 54.4 Å². The number of carbonyl (C=O) groups excluding carboxylic acids is 1. The second-order valence-electron chi connectivity index (χ2n) is 8.19. The van der Waals surface area contributed by atoms with Gasteiger partial charge < -0.3 is 19.5 Å². The van der Waals surface area contributed by atoms with Gasteiger partial charge in [-0.05, 0) is 30.3 Å². The lowest BCUT2D eigenvalue weighted by Crippen LogP contribution is -2.50. The summed E-state index contributed by atoms with van der Waals surface area (Å²) >= 11 is 0. The number of hydrogen-bond donors (Lipinski definition) is 1. The number of amides is 2. The van der Waals surface area contributed by atoms with Gasteiger partial charge in [-0.2, -0.15) is 0 Å². The van der Waals surface area contributed by atoms with Crippen molar-refractivity contribution in [2.24, 2.45) is 0 Å². The molecular weight excluding hydrogens is 352 g/mol. The molecule has 2 aromatic carbocycles. The summed E-state index contributed by atoms with van der Waals surface area (Å²) in [6.07, 6.45) is 0. The Morgan fingerprint density at radius 1 is 1.04 bits per heavy atom. The van der Waals surface area contributed by atoms with Crippen LogP contribution in [0.3, 0.4) is 0 Å². The van der Waals surface area contributed by atoms with E-state index in [1.807, 2.05) is 41.3 Å². The quantitative estimate of drug-likeness (QED) is 0.714. The molecule has 0 aliphatic carbocycles. The van der Waals surface area contributed by atoms with E-state index in [4.69, 9.17) is 4.42 Å². The van der Waals surface area contributed by atoms with E-state index in [1.165, 1.54) is 5.69 Å². The molecule has 1 aromatic heterocycles. The Bertz CT molecular complexity index is 967. The molecule has 4 rings (SSSR count). The van der Waals surface area contributed by atoms with Gasteiger partial charge in [-0.15, -0.1) is 0 Å². The summed E-state index contributed by atoms with van der Waals surface area (Å²) in [7, 11) is 0. The minimum Gasteiger partial charge on any atom is -0.440 e. The molecule has 146 valence electrons. The van der Waals surface area contributed by atoms with E-state index in [0.717, 1.165) is 29.9 Å². The van der Waals surface area contributed by atoms with Crippen LogP contribution in [0.25, 0.3) is 11.1 Å². The Kier molecular flexibility index (Phi) is 4.71. The molecule has 1 aliphatic heterocycles. The van der Waals surface area contributed by atoms with Crippen LogP contribution >= 0.6 is 0 Å². The number of nitrogens with zero attached hydrogens (tertiary/aromatic N) is 3. The Labute approximate surface area is 165 Å². The molecule has 2 amide bonds. The average Bonchev–Trinajstić information content (AvgIpc) is 3.13. The largest absolute Gasteiger partial charge is 0.440 e. The lowest BCUT2D eigenvalue weighted by Gasteiger charge is -2.36. The summed E-state index contributed by atoms with van der Waals surface area (Å²) in [5.74, 6) is 0.697. The van der Waals surface area contributed by atoms with Crippen LogP contribution in [0.2, 0.25) is 0 Å². The van der Waals surface area contributed by atoms with Gasteiger partial charge in [-0.1, -0.05) is 39.0 Å². The number of para-hydroxylation sites is 1. The fourth-order valence-electron chi connectivity index (χ4n) is 3.34. The molecular formula is C22H26N4O2. The van der Waals surface area contributed by atoms with E-state index < -0.39 is 0 Å². The first-order valence-corrected chi connectivity index (χ1v) is 9.67. The van der Waals surface area contributed by atoms with Crippen molar-refractivity contribution in [2.75, 3.05) is 36.4 Å². The zero-order chi connectivity index (χ0) is 19.7. The molecule has 1 saturated heterocycles. The monoisotopic (exact) mass is 378 g/mol. The van der Waals surface area contributed by atoms with Crippen molar-refractivity contribution < 1.29 is 9.21 Å². The van der Waals surface area contributed by atoms with Gasteiger partial charge in [0.2, 0.25) is 5.89 Å². The first-order chi connectivity index (χ1) is 13.4. The number of anilines is 2. The van der Waals surface area contributed by atoms with E-state index in [1.54, 1.807) is 0 Å². The van der Waals surface area contributed by atoms with E-state index in [-0.39, 0.29) is 11.4 Å². The Balaban J connectivity index is 1.40. The highest BCUT2D eigenvalue weighted by Gasteiger charge is 2.23. The maximum Gasteiger partial charge on any atom is 0.321 e. The minimum atomic E-state index is -0.152. The molecule has 0 saturated carbocycles. The molecule has 6 nitrogen and oxygen atoms in total.